The molecule has 3 nitrogen and oxygen atoms in total. The van der Waals surface area contributed by atoms with Crippen LogP contribution >= 0.6 is 23.1 Å². The fraction of sp³-hybridized carbons (Fsp3) is 0.0714. The molecule has 0 aliphatic rings. The summed E-state index contributed by atoms with van der Waals surface area (Å²) in [5, 5.41) is 2.01. The summed E-state index contributed by atoms with van der Waals surface area (Å²) >= 11 is 3.33. The summed E-state index contributed by atoms with van der Waals surface area (Å²) in [5.41, 5.74) is 7.47. The van der Waals surface area contributed by atoms with E-state index in [1.54, 1.807) is 29.4 Å². The van der Waals surface area contributed by atoms with E-state index in [1.807, 2.05) is 41.8 Å². The van der Waals surface area contributed by atoms with E-state index in [9.17, 15) is 0 Å². The maximum absolute atomic E-state index is 5.75. The van der Waals surface area contributed by atoms with Crippen LogP contribution in [0.15, 0.2) is 57.4 Å². The van der Waals surface area contributed by atoms with Crippen molar-refractivity contribution in [3.63, 3.8) is 0 Å². The number of hydrogen-bond acceptors (Lipinski definition) is 5. The largest absolute Gasteiger partial charge is 0.444 e. The molecular weight excluding hydrogens is 276 g/mol. The molecule has 0 amide bonds. The van der Waals surface area contributed by atoms with Crippen molar-refractivity contribution in [1.82, 2.24) is 4.98 Å². The summed E-state index contributed by atoms with van der Waals surface area (Å²) < 4.78 is 5.48. The van der Waals surface area contributed by atoms with Gasteiger partial charge in [-0.3, -0.25) is 0 Å². The lowest BCUT2D eigenvalue weighted by molar-refractivity contribution is 0.575. The van der Waals surface area contributed by atoms with Gasteiger partial charge in [0.05, 0.1) is 10.6 Å². The Kier molecular flexibility index (Phi) is 3.57. The Bertz CT molecular complexity index is 662. The van der Waals surface area contributed by atoms with E-state index in [-0.39, 0.29) is 0 Å². The van der Waals surface area contributed by atoms with Crippen LogP contribution in [0.2, 0.25) is 0 Å². The Labute approximate surface area is 119 Å². The molecule has 0 spiro atoms. The molecule has 0 bridgehead atoms. The van der Waals surface area contributed by atoms with E-state index >= 15 is 0 Å². The van der Waals surface area contributed by atoms with Crippen LogP contribution in [0.3, 0.4) is 0 Å². The zero-order valence-electron chi connectivity index (χ0n) is 10.1. The summed E-state index contributed by atoms with van der Waals surface area (Å²) in [7, 11) is 0. The summed E-state index contributed by atoms with van der Waals surface area (Å²) in [5.74, 6) is 1.47. The van der Waals surface area contributed by atoms with Crippen molar-refractivity contribution in [2.75, 3.05) is 5.73 Å². The Hall–Kier alpha value is -1.72. The highest BCUT2D eigenvalue weighted by Crippen LogP contribution is 2.27. The standard InChI is InChI=1S/C14H12N2OS2/c15-10-3-1-4-12(7-10)19-9-11-8-17-14(16-11)13-5-2-6-18-13/h1-8H,9,15H2. The highest BCUT2D eigenvalue weighted by Gasteiger charge is 2.07. The summed E-state index contributed by atoms with van der Waals surface area (Å²) in [4.78, 5) is 6.68. The molecule has 5 heteroatoms. The number of rotatable bonds is 4. The minimum absolute atomic E-state index is 0.693. The van der Waals surface area contributed by atoms with Gasteiger partial charge in [0.2, 0.25) is 5.89 Å². The predicted molar refractivity (Wildman–Crippen MR) is 80.2 cm³/mol. The first-order valence-corrected chi connectivity index (χ1v) is 7.64. The molecule has 0 unspecified atom stereocenters. The number of aromatic nitrogens is 1. The van der Waals surface area contributed by atoms with E-state index < -0.39 is 0 Å². The lowest BCUT2D eigenvalue weighted by Gasteiger charge is -1.99. The molecule has 0 saturated carbocycles. The molecule has 0 saturated heterocycles. The van der Waals surface area contributed by atoms with Crippen molar-refractivity contribution in [3.8, 4) is 10.8 Å². The first-order valence-electron chi connectivity index (χ1n) is 5.78. The molecule has 0 aliphatic carbocycles. The summed E-state index contributed by atoms with van der Waals surface area (Å²) in [6.07, 6.45) is 1.72. The van der Waals surface area contributed by atoms with Gasteiger partial charge in [0.25, 0.3) is 0 Å². The van der Waals surface area contributed by atoms with Crippen LogP contribution in [0.1, 0.15) is 5.69 Å². The van der Waals surface area contributed by atoms with Gasteiger partial charge < -0.3 is 10.2 Å². The lowest BCUT2D eigenvalue weighted by Crippen LogP contribution is -1.85. The second-order valence-electron chi connectivity index (χ2n) is 3.98. The maximum atomic E-state index is 5.75. The number of benzene rings is 1. The second kappa shape index (κ2) is 5.50. The van der Waals surface area contributed by atoms with Crippen LogP contribution in [0.25, 0.3) is 10.8 Å². The molecule has 2 heterocycles. The fourth-order valence-corrected chi connectivity index (χ4v) is 3.15. The van der Waals surface area contributed by atoms with Gasteiger partial charge in [0, 0.05) is 16.3 Å². The van der Waals surface area contributed by atoms with Crippen LogP contribution in [0.4, 0.5) is 5.69 Å². The van der Waals surface area contributed by atoms with Gasteiger partial charge >= 0.3 is 0 Å². The molecule has 1 aromatic carbocycles. The molecule has 3 aromatic rings. The number of nitrogen functional groups attached to an aromatic ring is 1. The Morgan fingerprint density at radius 1 is 1.26 bits per heavy atom. The Balaban J connectivity index is 1.68. The third-order valence-corrected chi connectivity index (χ3v) is 4.41. The third kappa shape index (κ3) is 3.00. The number of thioether (sulfide) groups is 1. The molecule has 0 atom stereocenters. The van der Waals surface area contributed by atoms with Gasteiger partial charge in [-0.1, -0.05) is 12.1 Å². The van der Waals surface area contributed by atoms with E-state index in [4.69, 9.17) is 10.2 Å². The van der Waals surface area contributed by atoms with Crippen molar-refractivity contribution in [2.45, 2.75) is 10.6 Å². The van der Waals surface area contributed by atoms with Gasteiger partial charge in [-0.15, -0.1) is 23.1 Å². The van der Waals surface area contributed by atoms with Crippen LogP contribution in [0, 0.1) is 0 Å². The topological polar surface area (TPSA) is 52.0 Å². The van der Waals surface area contributed by atoms with Gasteiger partial charge in [-0.25, -0.2) is 4.98 Å². The lowest BCUT2D eigenvalue weighted by atomic mass is 10.3. The molecule has 0 aliphatic heterocycles. The van der Waals surface area contributed by atoms with Crippen molar-refractivity contribution in [1.29, 1.82) is 0 Å². The quantitative estimate of drug-likeness (QED) is 0.575. The molecule has 2 aromatic heterocycles. The first-order chi connectivity index (χ1) is 9.31. The summed E-state index contributed by atoms with van der Waals surface area (Å²) in [6, 6.07) is 11.8. The van der Waals surface area contributed by atoms with Crippen LogP contribution in [0.5, 0.6) is 0 Å². The molecular formula is C14H12N2OS2. The van der Waals surface area contributed by atoms with Crippen LogP contribution in [-0.2, 0) is 5.75 Å². The van der Waals surface area contributed by atoms with Crippen molar-refractivity contribution >= 4 is 28.8 Å². The number of oxazole rings is 1. The number of anilines is 1. The zero-order valence-corrected chi connectivity index (χ0v) is 11.7. The SMILES string of the molecule is Nc1cccc(SCc2coc(-c3cccs3)n2)c1. The fourth-order valence-electron chi connectivity index (χ4n) is 1.65. The highest BCUT2D eigenvalue weighted by molar-refractivity contribution is 7.98. The van der Waals surface area contributed by atoms with E-state index in [0.29, 0.717) is 5.89 Å². The highest BCUT2D eigenvalue weighted by atomic mass is 32.2. The Morgan fingerprint density at radius 2 is 2.21 bits per heavy atom. The molecule has 96 valence electrons. The first kappa shape index (κ1) is 12.3. The van der Waals surface area contributed by atoms with Gasteiger partial charge in [0.1, 0.15) is 6.26 Å². The molecule has 0 fully saturated rings. The minimum Gasteiger partial charge on any atom is -0.444 e. The van der Waals surface area contributed by atoms with E-state index in [0.717, 1.165) is 26.9 Å². The molecule has 3 rings (SSSR count). The summed E-state index contributed by atoms with van der Waals surface area (Å²) in [6.45, 7) is 0. The maximum Gasteiger partial charge on any atom is 0.236 e. The number of nitrogens with zero attached hydrogens (tertiary/aromatic N) is 1. The van der Waals surface area contributed by atoms with Crippen molar-refractivity contribution in [2.24, 2.45) is 0 Å². The molecule has 19 heavy (non-hydrogen) atoms. The van der Waals surface area contributed by atoms with Crippen molar-refractivity contribution in [3.05, 3.63) is 53.7 Å². The number of thiophene rings is 1. The van der Waals surface area contributed by atoms with Gasteiger partial charge in [-0.05, 0) is 29.6 Å². The average Bonchev–Trinajstić information content (AvgIpc) is 3.07. The normalized spacial score (nSPS) is 10.7. The molecule has 0 radical (unpaired) electrons. The number of nitrogens with two attached hydrogens (primary N) is 1. The minimum atomic E-state index is 0.693. The van der Waals surface area contributed by atoms with E-state index in [2.05, 4.69) is 4.98 Å². The average molecular weight is 288 g/mol. The predicted octanol–water partition coefficient (Wildman–Crippen LogP) is 4.28. The monoisotopic (exact) mass is 288 g/mol. The van der Waals surface area contributed by atoms with E-state index in [1.165, 1.54) is 0 Å². The molecule has 2 N–H and O–H groups in total. The van der Waals surface area contributed by atoms with Gasteiger partial charge in [-0.2, -0.15) is 0 Å². The van der Waals surface area contributed by atoms with Gasteiger partial charge in [0.15, 0.2) is 0 Å². The smallest absolute Gasteiger partial charge is 0.236 e. The van der Waals surface area contributed by atoms with Crippen LogP contribution in [-0.4, -0.2) is 4.98 Å². The number of hydrogen-bond donors (Lipinski definition) is 1. The second-order valence-corrected chi connectivity index (χ2v) is 5.98. The zero-order chi connectivity index (χ0) is 13.1. The Morgan fingerprint density at radius 3 is 3.00 bits per heavy atom. The third-order valence-electron chi connectivity index (χ3n) is 2.53. The van der Waals surface area contributed by atoms with Crippen LogP contribution < -0.4 is 5.73 Å². The van der Waals surface area contributed by atoms with Crippen molar-refractivity contribution < 1.29 is 4.42 Å².